The number of fused-ring (bicyclic) bond motifs is 1. The maximum atomic E-state index is 12.1. The van der Waals surface area contributed by atoms with Crippen LogP contribution >= 0.6 is 0 Å². The second kappa shape index (κ2) is 6.02. The fraction of sp³-hybridized carbons (Fsp3) is 0.222. The molecule has 1 aromatic heterocycles. The highest BCUT2D eigenvalue weighted by molar-refractivity contribution is 5.94. The molecule has 3 rings (SSSR count). The van der Waals surface area contributed by atoms with Gasteiger partial charge in [0.1, 0.15) is 6.33 Å². The van der Waals surface area contributed by atoms with Crippen LogP contribution in [-0.4, -0.2) is 21.5 Å². The smallest absolute Gasteiger partial charge is 0.251 e. The number of imidazole rings is 1. The number of para-hydroxylation sites is 2. The van der Waals surface area contributed by atoms with E-state index in [1.54, 1.807) is 6.33 Å². The van der Waals surface area contributed by atoms with Crippen LogP contribution in [0.2, 0.25) is 0 Å². The van der Waals surface area contributed by atoms with Gasteiger partial charge in [-0.05, 0) is 49.7 Å². The molecule has 0 radical (unpaired) electrons. The number of aromatic nitrogens is 2. The molecule has 3 aromatic rings. The van der Waals surface area contributed by atoms with E-state index >= 15 is 0 Å². The summed E-state index contributed by atoms with van der Waals surface area (Å²) in [6, 6.07) is 15.8. The van der Waals surface area contributed by atoms with Crippen LogP contribution in [0.15, 0.2) is 54.9 Å². The van der Waals surface area contributed by atoms with Gasteiger partial charge in [-0.3, -0.25) is 9.36 Å². The molecule has 4 heteroatoms. The molecular formula is C18H19N3O. The average Bonchev–Trinajstić information content (AvgIpc) is 2.99. The highest BCUT2D eigenvalue weighted by Gasteiger charge is 2.09. The maximum Gasteiger partial charge on any atom is 0.251 e. The molecule has 0 bridgehead atoms. The second-order valence-electron chi connectivity index (χ2n) is 5.43. The molecule has 1 heterocycles. The van der Waals surface area contributed by atoms with Crippen molar-refractivity contribution in [2.75, 3.05) is 0 Å². The maximum absolute atomic E-state index is 12.1. The first-order valence-electron chi connectivity index (χ1n) is 7.52. The first-order valence-corrected chi connectivity index (χ1v) is 7.52. The monoisotopic (exact) mass is 293 g/mol. The van der Waals surface area contributed by atoms with Crippen molar-refractivity contribution in [3.63, 3.8) is 0 Å². The highest BCUT2D eigenvalue weighted by atomic mass is 16.1. The van der Waals surface area contributed by atoms with Crippen molar-refractivity contribution >= 4 is 16.9 Å². The van der Waals surface area contributed by atoms with E-state index in [-0.39, 0.29) is 11.9 Å². The summed E-state index contributed by atoms with van der Waals surface area (Å²) < 4.78 is 2.02. The minimum atomic E-state index is -0.0311. The highest BCUT2D eigenvalue weighted by Crippen LogP contribution is 2.18. The Bertz CT molecular complexity index is 789. The van der Waals surface area contributed by atoms with E-state index in [1.165, 1.54) is 0 Å². The Balaban J connectivity index is 1.87. The normalized spacial score (nSPS) is 12.3. The number of hydrogen-bond acceptors (Lipinski definition) is 2. The van der Waals surface area contributed by atoms with Gasteiger partial charge in [0, 0.05) is 17.3 Å². The molecule has 22 heavy (non-hydrogen) atoms. The number of amides is 1. The zero-order valence-corrected chi connectivity index (χ0v) is 12.8. The summed E-state index contributed by atoms with van der Waals surface area (Å²) in [5.41, 5.74) is 3.68. The van der Waals surface area contributed by atoms with Crippen LogP contribution in [-0.2, 0) is 0 Å². The van der Waals surface area contributed by atoms with Gasteiger partial charge in [-0.1, -0.05) is 19.1 Å². The third-order valence-corrected chi connectivity index (χ3v) is 3.85. The average molecular weight is 293 g/mol. The Kier molecular flexibility index (Phi) is 3.92. The Hall–Kier alpha value is -2.62. The molecule has 0 saturated carbocycles. The van der Waals surface area contributed by atoms with Crippen LogP contribution in [0.25, 0.3) is 16.7 Å². The van der Waals surface area contributed by atoms with Crippen LogP contribution in [0, 0.1) is 0 Å². The van der Waals surface area contributed by atoms with E-state index in [0.29, 0.717) is 5.56 Å². The molecule has 112 valence electrons. The second-order valence-corrected chi connectivity index (χ2v) is 5.43. The lowest BCUT2D eigenvalue weighted by molar-refractivity contribution is 0.0939. The molecule has 0 spiro atoms. The van der Waals surface area contributed by atoms with Crippen molar-refractivity contribution in [3.8, 4) is 5.69 Å². The fourth-order valence-electron chi connectivity index (χ4n) is 2.35. The molecule has 1 N–H and O–H groups in total. The van der Waals surface area contributed by atoms with Gasteiger partial charge in [-0.25, -0.2) is 4.98 Å². The predicted molar refractivity (Wildman–Crippen MR) is 88.3 cm³/mol. The van der Waals surface area contributed by atoms with Gasteiger partial charge >= 0.3 is 0 Å². The van der Waals surface area contributed by atoms with Crippen LogP contribution in [0.1, 0.15) is 30.6 Å². The Morgan fingerprint density at radius 2 is 1.91 bits per heavy atom. The van der Waals surface area contributed by atoms with Gasteiger partial charge in [0.05, 0.1) is 11.0 Å². The zero-order valence-electron chi connectivity index (χ0n) is 12.8. The van der Waals surface area contributed by atoms with Crippen molar-refractivity contribution in [3.05, 3.63) is 60.4 Å². The molecular weight excluding hydrogens is 274 g/mol. The fourth-order valence-corrected chi connectivity index (χ4v) is 2.35. The molecule has 1 unspecified atom stereocenters. The van der Waals surface area contributed by atoms with Crippen molar-refractivity contribution in [2.24, 2.45) is 0 Å². The molecule has 1 atom stereocenters. The van der Waals surface area contributed by atoms with E-state index in [0.717, 1.165) is 23.1 Å². The number of benzene rings is 2. The van der Waals surface area contributed by atoms with Gasteiger partial charge in [0.15, 0.2) is 0 Å². The van der Waals surface area contributed by atoms with Crippen molar-refractivity contribution in [1.29, 1.82) is 0 Å². The molecule has 0 aliphatic heterocycles. The molecule has 4 nitrogen and oxygen atoms in total. The summed E-state index contributed by atoms with van der Waals surface area (Å²) in [5, 5.41) is 2.97. The minimum absolute atomic E-state index is 0.0311. The number of rotatable bonds is 4. The SMILES string of the molecule is CCC(C)NC(=O)c1ccc(-n2cnc3ccccc32)cc1. The number of carbonyl (C=O) groups is 1. The number of hydrogen-bond donors (Lipinski definition) is 1. The first-order chi connectivity index (χ1) is 10.7. The van der Waals surface area contributed by atoms with Crippen LogP contribution in [0.3, 0.4) is 0 Å². The van der Waals surface area contributed by atoms with Gasteiger partial charge in [-0.15, -0.1) is 0 Å². The van der Waals surface area contributed by atoms with E-state index in [9.17, 15) is 4.79 Å². The van der Waals surface area contributed by atoms with Crippen molar-refractivity contribution in [1.82, 2.24) is 14.9 Å². The third kappa shape index (κ3) is 2.72. The van der Waals surface area contributed by atoms with Crippen LogP contribution < -0.4 is 5.32 Å². The number of nitrogens with zero attached hydrogens (tertiary/aromatic N) is 2. The standard InChI is InChI=1S/C18H19N3O/c1-3-13(2)20-18(22)14-8-10-15(11-9-14)21-12-19-16-6-4-5-7-17(16)21/h4-13H,3H2,1-2H3,(H,20,22). The Morgan fingerprint density at radius 3 is 2.64 bits per heavy atom. The lowest BCUT2D eigenvalue weighted by atomic mass is 10.1. The molecule has 0 fully saturated rings. The Morgan fingerprint density at radius 1 is 1.18 bits per heavy atom. The first kappa shape index (κ1) is 14.3. The molecule has 0 saturated heterocycles. The predicted octanol–water partition coefficient (Wildman–Crippen LogP) is 3.55. The molecule has 0 aliphatic rings. The zero-order chi connectivity index (χ0) is 15.5. The van der Waals surface area contributed by atoms with E-state index < -0.39 is 0 Å². The van der Waals surface area contributed by atoms with Crippen LogP contribution in [0.4, 0.5) is 0 Å². The van der Waals surface area contributed by atoms with Crippen molar-refractivity contribution < 1.29 is 4.79 Å². The molecule has 1 amide bonds. The number of nitrogens with one attached hydrogen (secondary N) is 1. The van der Waals surface area contributed by atoms with Gasteiger partial charge in [0.25, 0.3) is 5.91 Å². The summed E-state index contributed by atoms with van der Waals surface area (Å²) in [5.74, 6) is -0.0311. The summed E-state index contributed by atoms with van der Waals surface area (Å²) in [4.78, 5) is 16.5. The lowest BCUT2D eigenvalue weighted by Gasteiger charge is -2.11. The number of carbonyl (C=O) groups excluding carboxylic acids is 1. The quantitative estimate of drug-likeness (QED) is 0.799. The molecule has 2 aromatic carbocycles. The van der Waals surface area contributed by atoms with Gasteiger partial charge in [-0.2, -0.15) is 0 Å². The summed E-state index contributed by atoms with van der Waals surface area (Å²) >= 11 is 0. The van der Waals surface area contributed by atoms with E-state index in [1.807, 2.05) is 60.0 Å². The molecule has 0 aliphatic carbocycles. The summed E-state index contributed by atoms with van der Waals surface area (Å²) in [6.45, 7) is 4.06. The van der Waals surface area contributed by atoms with Gasteiger partial charge < -0.3 is 5.32 Å². The van der Waals surface area contributed by atoms with Gasteiger partial charge in [0.2, 0.25) is 0 Å². The van der Waals surface area contributed by atoms with Crippen LogP contribution in [0.5, 0.6) is 0 Å². The minimum Gasteiger partial charge on any atom is -0.350 e. The third-order valence-electron chi connectivity index (χ3n) is 3.85. The summed E-state index contributed by atoms with van der Waals surface area (Å²) in [7, 11) is 0. The lowest BCUT2D eigenvalue weighted by Crippen LogP contribution is -2.31. The largest absolute Gasteiger partial charge is 0.350 e. The Labute approximate surface area is 129 Å². The van der Waals surface area contributed by atoms with Crippen molar-refractivity contribution in [2.45, 2.75) is 26.3 Å². The van der Waals surface area contributed by atoms with E-state index in [4.69, 9.17) is 0 Å². The van der Waals surface area contributed by atoms with E-state index in [2.05, 4.69) is 17.2 Å². The topological polar surface area (TPSA) is 46.9 Å². The summed E-state index contributed by atoms with van der Waals surface area (Å²) in [6.07, 6.45) is 2.73.